The molecule has 0 amide bonds. The molecule has 0 aliphatic rings. The zero-order valence-corrected chi connectivity index (χ0v) is 9.94. The summed E-state index contributed by atoms with van der Waals surface area (Å²) < 4.78 is 1.21. The Labute approximate surface area is 97.3 Å². The van der Waals surface area contributed by atoms with Gasteiger partial charge >= 0.3 is 0 Å². The topological polar surface area (TPSA) is 52.5 Å². The van der Waals surface area contributed by atoms with E-state index in [1.54, 1.807) is 0 Å². The van der Waals surface area contributed by atoms with Crippen LogP contribution in [0.2, 0.25) is 0 Å². The van der Waals surface area contributed by atoms with Crippen molar-refractivity contribution in [2.24, 2.45) is 0 Å². The van der Waals surface area contributed by atoms with E-state index in [4.69, 9.17) is 10.2 Å². The molecule has 0 heterocycles. The summed E-state index contributed by atoms with van der Waals surface area (Å²) in [6.45, 7) is 0.941. The zero-order chi connectivity index (χ0) is 10.4. The van der Waals surface area contributed by atoms with E-state index >= 15 is 0 Å². The van der Waals surface area contributed by atoms with Gasteiger partial charge in [0.25, 0.3) is 0 Å². The van der Waals surface area contributed by atoms with Gasteiger partial charge in [0, 0.05) is 16.7 Å². The van der Waals surface area contributed by atoms with Crippen molar-refractivity contribution in [2.45, 2.75) is 12.6 Å². The van der Waals surface area contributed by atoms with Crippen LogP contribution in [0.15, 0.2) is 24.3 Å². The predicted octanol–water partition coefficient (Wildman–Crippen LogP) is 0.734. The molecule has 1 aromatic rings. The van der Waals surface area contributed by atoms with Gasteiger partial charge in [-0.3, -0.25) is 0 Å². The van der Waals surface area contributed by atoms with Crippen LogP contribution in [0.5, 0.6) is 0 Å². The van der Waals surface area contributed by atoms with Gasteiger partial charge in [-0.15, -0.1) is 0 Å². The summed E-state index contributed by atoms with van der Waals surface area (Å²) in [7, 11) is 0. The summed E-state index contributed by atoms with van der Waals surface area (Å²) in [6.07, 6.45) is -0.668. The summed E-state index contributed by atoms with van der Waals surface area (Å²) in [4.78, 5) is 0. The third kappa shape index (κ3) is 4.36. The summed E-state index contributed by atoms with van der Waals surface area (Å²) in [6, 6.07) is 8.17. The molecule has 0 aliphatic heterocycles. The van der Waals surface area contributed by atoms with Crippen molar-refractivity contribution in [2.75, 3.05) is 13.2 Å². The minimum Gasteiger partial charge on any atom is -0.394 e. The van der Waals surface area contributed by atoms with Crippen LogP contribution in [0.1, 0.15) is 5.56 Å². The number of hydrogen-bond donors (Lipinski definition) is 3. The lowest BCUT2D eigenvalue weighted by Crippen LogP contribution is -2.28. The Morgan fingerprint density at radius 3 is 2.50 bits per heavy atom. The van der Waals surface area contributed by atoms with Crippen molar-refractivity contribution < 1.29 is 10.2 Å². The first-order chi connectivity index (χ1) is 6.72. The van der Waals surface area contributed by atoms with Crippen LogP contribution < -0.4 is 5.32 Å². The maximum atomic E-state index is 9.07. The third-order valence-corrected chi connectivity index (χ3v) is 2.55. The third-order valence-electron chi connectivity index (χ3n) is 1.83. The van der Waals surface area contributed by atoms with Gasteiger partial charge in [0.2, 0.25) is 0 Å². The highest BCUT2D eigenvalue weighted by molar-refractivity contribution is 14.1. The first-order valence-electron chi connectivity index (χ1n) is 4.46. The number of nitrogens with one attached hydrogen (secondary N) is 1. The van der Waals surface area contributed by atoms with Crippen LogP contribution in [0, 0.1) is 3.57 Å². The van der Waals surface area contributed by atoms with Crippen LogP contribution >= 0.6 is 22.6 Å². The Hall–Kier alpha value is -0.170. The molecule has 1 rings (SSSR count). The number of aliphatic hydroxyl groups is 2. The number of rotatable bonds is 5. The predicted molar refractivity (Wildman–Crippen MR) is 64.0 cm³/mol. The highest BCUT2D eigenvalue weighted by Gasteiger charge is 2.00. The first-order valence-corrected chi connectivity index (χ1v) is 5.54. The second-order valence-corrected chi connectivity index (χ2v) is 4.34. The smallest absolute Gasteiger partial charge is 0.0895 e. The molecule has 0 saturated heterocycles. The molecule has 0 bridgehead atoms. The van der Waals surface area contributed by atoms with Crippen molar-refractivity contribution in [3.05, 3.63) is 33.4 Å². The van der Waals surface area contributed by atoms with Crippen molar-refractivity contribution in [3.63, 3.8) is 0 Å². The number of aliphatic hydroxyl groups excluding tert-OH is 2. The van der Waals surface area contributed by atoms with Gasteiger partial charge in [-0.1, -0.05) is 12.1 Å². The van der Waals surface area contributed by atoms with Gasteiger partial charge < -0.3 is 15.5 Å². The first kappa shape index (κ1) is 11.9. The number of hydrogen-bond acceptors (Lipinski definition) is 3. The van der Waals surface area contributed by atoms with Gasteiger partial charge in [-0.25, -0.2) is 0 Å². The molecule has 0 radical (unpaired) electrons. The highest BCUT2D eigenvalue weighted by Crippen LogP contribution is 2.06. The summed E-state index contributed by atoms with van der Waals surface area (Å²) >= 11 is 2.26. The van der Waals surface area contributed by atoms with E-state index in [2.05, 4.69) is 27.9 Å². The summed E-state index contributed by atoms with van der Waals surface area (Å²) in [5.74, 6) is 0. The fourth-order valence-electron chi connectivity index (χ4n) is 1.05. The molecule has 0 saturated carbocycles. The molecule has 1 atom stereocenters. The van der Waals surface area contributed by atoms with Crippen LogP contribution in [-0.4, -0.2) is 29.5 Å². The molecule has 14 heavy (non-hydrogen) atoms. The molecule has 0 fully saturated rings. The van der Waals surface area contributed by atoms with Crippen molar-refractivity contribution in [1.29, 1.82) is 0 Å². The quantitative estimate of drug-likeness (QED) is 0.703. The van der Waals surface area contributed by atoms with E-state index in [1.165, 1.54) is 9.13 Å². The molecule has 3 nitrogen and oxygen atoms in total. The monoisotopic (exact) mass is 307 g/mol. The lowest BCUT2D eigenvalue weighted by Gasteiger charge is -2.08. The lowest BCUT2D eigenvalue weighted by atomic mass is 10.2. The average molecular weight is 307 g/mol. The van der Waals surface area contributed by atoms with Gasteiger partial charge in [-0.2, -0.15) is 0 Å². The van der Waals surface area contributed by atoms with E-state index in [0.717, 1.165) is 0 Å². The Balaban J connectivity index is 2.28. The van der Waals surface area contributed by atoms with Gasteiger partial charge in [-0.05, 0) is 40.3 Å². The molecule has 1 aromatic carbocycles. The van der Waals surface area contributed by atoms with Crippen LogP contribution in [-0.2, 0) is 6.54 Å². The van der Waals surface area contributed by atoms with E-state index in [-0.39, 0.29) is 6.61 Å². The average Bonchev–Trinajstić information content (AvgIpc) is 2.21. The highest BCUT2D eigenvalue weighted by atomic mass is 127. The summed E-state index contributed by atoms with van der Waals surface area (Å²) in [5, 5.41) is 20.7. The second kappa shape index (κ2) is 6.34. The SMILES string of the molecule is OCC(O)CNCc1ccc(I)cc1. The molecule has 1 unspecified atom stereocenters. The Kier molecular flexibility index (Phi) is 5.39. The van der Waals surface area contributed by atoms with Gasteiger partial charge in [0.05, 0.1) is 12.7 Å². The molecule has 0 aliphatic carbocycles. The van der Waals surface area contributed by atoms with E-state index in [9.17, 15) is 0 Å². The van der Waals surface area contributed by atoms with E-state index in [0.29, 0.717) is 13.1 Å². The van der Waals surface area contributed by atoms with E-state index in [1.807, 2.05) is 24.3 Å². The minimum atomic E-state index is -0.668. The molecular formula is C10H14INO2. The lowest BCUT2D eigenvalue weighted by molar-refractivity contribution is 0.0942. The van der Waals surface area contributed by atoms with Crippen LogP contribution in [0.25, 0.3) is 0 Å². The Morgan fingerprint density at radius 2 is 1.93 bits per heavy atom. The fraction of sp³-hybridized carbons (Fsp3) is 0.400. The van der Waals surface area contributed by atoms with Crippen molar-refractivity contribution >= 4 is 22.6 Å². The molecule has 3 N–H and O–H groups in total. The van der Waals surface area contributed by atoms with Crippen molar-refractivity contribution in [1.82, 2.24) is 5.32 Å². The van der Waals surface area contributed by atoms with E-state index < -0.39 is 6.10 Å². The fourth-order valence-corrected chi connectivity index (χ4v) is 1.41. The van der Waals surface area contributed by atoms with Crippen molar-refractivity contribution in [3.8, 4) is 0 Å². The van der Waals surface area contributed by atoms with Gasteiger partial charge in [0.1, 0.15) is 0 Å². The maximum absolute atomic E-state index is 9.07. The van der Waals surface area contributed by atoms with Crippen LogP contribution in [0.4, 0.5) is 0 Å². The Bertz CT molecular complexity index is 263. The summed E-state index contributed by atoms with van der Waals surface area (Å²) in [5.41, 5.74) is 1.18. The molecular weight excluding hydrogens is 293 g/mol. The molecule has 0 spiro atoms. The normalized spacial score (nSPS) is 12.8. The standard InChI is InChI=1S/C10H14INO2/c11-9-3-1-8(2-4-9)5-12-6-10(14)7-13/h1-4,10,12-14H,5-7H2. The van der Waals surface area contributed by atoms with Gasteiger partial charge in [0.15, 0.2) is 0 Å². The second-order valence-electron chi connectivity index (χ2n) is 3.09. The molecule has 4 heteroatoms. The maximum Gasteiger partial charge on any atom is 0.0895 e. The minimum absolute atomic E-state index is 0.195. The molecule has 78 valence electrons. The zero-order valence-electron chi connectivity index (χ0n) is 7.78. The van der Waals surface area contributed by atoms with Crippen LogP contribution in [0.3, 0.4) is 0 Å². The number of benzene rings is 1. The number of halogens is 1. The Morgan fingerprint density at radius 1 is 1.29 bits per heavy atom. The largest absolute Gasteiger partial charge is 0.394 e. The molecule has 0 aromatic heterocycles.